The van der Waals surface area contributed by atoms with Gasteiger partial charge in [-0.3, -0.25) is 33.6 Å². The van der Waals surface area contributed by atoms with Gasteiger partial charge in [-0.15, -0.1) is 0 Å². The minimum absolute atomic E-state index is 0.0249. The lowest BCUT2D eigenvalue weighted by molar-refractivity contribution is -0.145. The van der Waals surface area contributed by atoms with Crippen LogP contribution in [-0.2, 0) is 47.8 Å². The summed E-state index contributed by atoms with van der Waals surface area (Å²) in [7, 11) is 1.18. The Morgan fingerprint density at radius 2 is 1.30 bits per heavy atom. The van der Waals surface area contributed by atoms with Gasteiger partial charge in [0.05, 0.1) is 7.11 Å². The summed E-state index contributed by atoms with van der Waals surface area (Å²) in [4.78, 5) is 117. The summed E-state index contributed by atoms with van der Waals surface area (Å²) in [5.74, 6) is -5.98. The van der Waals surface area contributed by atoms with Gasteiger partial charge < -0.3 is 57.1 Å². The van der Waals surface area contributed by atoms with Crippen LogP contribution in [0.1, 0.15) is 107 Å². The molecule has 1 fully saturated rings. The van der Waals surface area contributed by atoms with Crippen molar-refractivity contribution in [3.05, 3.63) is 0 Å². The molecule has 20 nitrogen and oxygen atoms in total. The predicted molar refractivity (Wildman–Crippen MR) is 206 cm³/mol. The molecule has 0 aromatic rings. The fraction of sp³-hybridized carbons (Fsp3) is 0.757. The number of carboxylic acid groups (broad SMARTS) is 1. The van der Waals surface area contributed by atoms with E-state index in [0.29, 0.717) is 25.8 Å². The fourth-order valence-corrected chi connectivity index (χ4v) is 5.84. The zero-order valence-electron chi connectivity index (χ0n) is 34.7. The van der Waals surface area contributed by atoms with E-state index >= 15 is 0 Å². The third-order valence-electron chi connectivity index (χ3n) is 8.81. The zero-order chi connectivity index (χ0) is 43.6. The highest BCUT2D eigenvalue weighted by molar-refractivity contribution is 5.97. The Labute approximate surface area is 334 Å². The molecule has 1 saturated heterocycles. The van der Waals surface area contributed by atoms with Crippen molar-refractivity contribution in [1.82, 2.24) is 36.8 Å². The highest BCUT2D eigenvalue weighted by atomic mass is 16.6. The Morgan fingerprint density at radius 3 is 1.84 bits per heavy atom. The number of hydrogen-bond donors (Lipinski definition) is 8. The molecular formula is C37H64N8O12. The van der Waals surface area contributed by atoms with Crippen LogP contribution in [0.15, 0.2) is 0 Å². The second kappa shape index (κ2) is 23.9. The lowest BCUT2D eigenvalue weighted by atomic mass is 10.0. The van der Waals surface area contributed by atoms with Gasteiger partial charge in [-0.1, -0.05) is 13.8 Å². The molecule has 20 heteroatoms. The van der Waals surface area contributed by atoms with Gasteiger partial charge in [0.25, 0.3) is 0 Å². The van der Waals surface area contributed by atoms with E-state index in [9.17, 15) is 48.3 Å². The third kappa shape index (κ3) is 18.2. The minimum atomic E-state index is -1.30. The number of likely N-dealkylation sites (tertiary alicyclic amines) is 1. The average molecular weight is 813 g/mol. The Balaban J connectivity index is 3.03. The summed E-state index contributed by atoms with van der Waals surface area (Å²) in [6, 6.07) is -7.81. The monoisotopic (exact) mass is 812 g/mol. The molecule has 0 spiro atoms. The molecule has 0 unspecified atom stereocenters. The van der Waals surface area contributed by atoms with Crippen LogP contribution in [-0.4, -0.2) is 132 Å². The molecule has 324 valence electrons. The van der Waals surface area contributed by atoms with Crippen molar-refractivity contribution in [2.45, 2.75) is 155 Å². The van der Waals surface area contributed by atoms with E-state index in [4.69, 9.17) is 10.5 Å². The second-order valence-electron chi connectivity index (χ2n) is 15.6. The Morgan fingerprint density at radius 1 is 0.737 bits per heavy atom. The number of methoxy groups -OCH3 is 1. The lowest BCUT2D eigenvalue weighted by Crippen LogP contribution is -2.59. The molecule has 7 atom stereocenters. The molecule has 1 heterocycles. The minimum Gasteiger partial charge on any atom is -0.481 e. The molecule has 1 aliphatic rings. The SMILES string of the molecule is COC(=O)[C@H](C)NC(=O)[C@H](CC(C)C)NC(=O)[C@H](C)NC(=O)[C@H](CCCCN)NC(=O)[C@H](C)NC(=O)[C@@H]1CCCN1C(=O)[C@@H](CCC(=O)O)NC(=O)OC(C)(C)C. The van der Waals surface area contributed by atoms with Crippen molar-refractivity contribution in [2.75, 3.05) is 20.2 Å². The maximum atomic E-state index is 13.6. The summed E-state index contributed by atoms with van der Waals surface area (Å²) in [6.07, 6.45) is 0.368. The number of esters is 1. The van der Waals surface area contributed by atoms with Crippen LogP contribution in [0.2, 0.25) is 0 Å². The largest absolute Gasteiger partial charge is 0.481 e. The summed E-state index contributed by atoms with van der Waals surface area (Å²) < 4.78 is 9.88. The maximum Gasteiger partial charge on any atom is 0.408 e. The number of carboxylic acids is 1. The number of carbonyl (C=O) groups excluding carboxylic acids is 8. The number of alkyl carbamates (subject to hydrolysis) is 1. The van der Waals surface area contributed by atoms with Gasteiger partial charge in [0.1, 0.15) is 47.9 Å². The van der Waals surface area contributed by atoms with E-state index in [1.165, 1.54) is 32.8 Å². The number of hydrogen-bond acceptors (Lipinski definition) is 12. The first-order valence-corrected chi connectivity index (χ1v) is 19.3. The van der Waals surface area contributed by atoms with Gasteiger partial charge in [0.15, 0.2) is 0 Å². The number of nitrogens with one attached hydrogen (secondary N) is 6. The number of rotatable bonds is 22. The van der Waals surface area contributed by atoms with Gasteiger partial charge in [-0.2, -0.15) is 0 Å². The van der Waals surface area contributed by atoms with Crippen LogP contribution in [0.25, 0.3) is 0 Å². The molecule has 1 rings (SSSR count). The van der Waals surface area contributed by atoms with Crippen molar-refractivity contribution in [2.24, 2.45) is 11.7 Å². The molecule has 9 N–H and O–H groups in total. The van der Waals surface area contributed by atoms with Gasteiger partial charge in [-0.05, 0) is 99.0 Å². The highest BCUT2D eigenvalue weighted by Gasteiger charge is 2.39. The number of nitrogens with two attached hydrogens (primary N) is 1. The molecule has 0 radical (unpaired) electrons. The van der Waals surface area contributed by atoms with Crippen molar-refractivity contribution >= 4 is 53.5 Å². The first kappa shape index (κ1) is 50.0. The molecule has 7 amide bonds. The molecule has 0 bridgehead atoms. The summed E-state index contributed by atoms with van der Waals surface area (Å²) in [5, 5.41) is 24.5. The standard InChI is InChI=1S/C37H64N8O12/c1-20(2)19-26(32(51)41-23(5)35(54)56-9)43-30(49)21(3)39-31(50)24(13-10-11-17-38)42-29(48)22(4)40-33(52)27-14-12-18-45(27)34(53)25(15-16-28(46)47)44-36(55)57-37(6,7)8/h20-27H,10-19,38H2,1-9H3,(H,39,50)(H,40,52)(H,41,51)(H,42,48)(H,43,49)(H,44,55)(H,46,47)/t21-,22-,23-,24-,25+,26-,27-/m0/s1. The van der Waals surface area contributed by atoms with Crippen LogP contribution < -0.4 is 37.6 Å². The Kier molecular flexibility index (Phi) is 21.0. The van der Waals surface area contributed by atoms with Gasteiger partial charge in [0.2, 0.25) is 35.4 Å². The van der Waals surface area contributed by atoms with Crippen LogP contribution in [0, 0.1) is 5.92 Å². The van der Waals surface area contributed by atoms with Crippen molar-refractivity contribution in [1.29, 1.82) is 0 Å². The summed E-state index contributed by atoms with van der Waals surface area (Å²) >= 11 is 0. The summed E-state index contributed by atoms with van der Waals surface area (Å²) in [6.45, 7) is 13.2. The van der Waals surface area contributed by atoms with Crippen LogP contribution in [0.5, 0.6) is 0 Å². The first-order valence-electron chi connectivity index (χ1n) is 19.3. The maximum absolute atomic E-state index is 13.6. The molecular weight excluding hydrogens is 748 g/mol. The lowest BCUT2D eigenvalue weighted by Gasteiger charge is -2.30. The van der Waals surface area contributed by atoms with Crippen LogP contribution in [0.3, 0.4) is 0 Å². The molecule has 0 saturated carbocycles. The van der Waals surface area contributed by atoms with Crippen molar-refractivity contribution in [3.8, 4) is 0 Å². The van der Waals surface area contributed by atoms with Gasteiger partial charge in [-0.25, -0.2) is 9.59 Å². The van der Waals surface area contributed by atoms with Gasteiger partial charge in [0, 0.05) is 13.0 Å². The average Bonchev–Trinajstić information content (AvgIpc) is 3.61. The van der Waals surface area contributed by atoms with Crippen molar-refractivity contribution in [3.63, 3.8) is 0 Å². The van der Waals surface area contributed by atoms with E-state index in [1.807, 2.05) is 13.8 Å². The Bertz CT molecular complexity index is 1440. The van der Waals surface area contributed by atoms with E-state index in [-0.39, 0.29) is 38.1 Å². The number of ether oxygens (including phenoxy) is 2. The topological polar surface area (TPSA) is 294 Å². The van der Waals surface area contributed by atoms with E-state index < -0.39 is 108 Å². The van der Waals surface area contributed by atoms with Crippen LogP contribution >= 0.6 is 0 Å². The van der Waals surface area contributed by atoms with Crippen LogP contribution in [0.4, 0.5) is 4.79 Å². The molecule has 0 aromatic carbocycles. The third-order valence-corrected chi connectivity index (χ3v) is 8.81. The number of carbonyl (C=O) groups is 9. The van der Waals surface area contributed by atoms with E-state index in [1.54, 1.807) is 20.8 Å². The molecule has 1 aliphatic heterocycles. The number of aliphatic carboxylic acids is 1. The van der Waals surface area contributed by atoms with Crippen molar-refractivity contribution < 1.29 is 57.7 Å². The molecule has 57 heavy (non-hydrogen) atoms. The van der Waals surface area contributed by atoms with E-state index in [0.717, 1.165) is 0 Å². The zero-order valence-corrected chi connectivity index (χ0v) is 34.7. The number of nitrogens with zero attached hydrogens (tertiary/aromatic N) is 1. The quantitative estimate of drug-likeness (QED) is 0.0509. The first-order chi connectivity index (χ1) is 26.5. The van der Waals surface area contributed by atoms with E-state index in [2.05, 4.69) is 36.6 Å². The molecule has 0 aliphatic carbocycles. The van der Waals surface area contributed by atoms with Gasteiger partial charge >= 0.3 is 18.0 Å². The highest BCUT2D eigenvalue weighted by Crippen LogP contribution is 2.20. The fourth-order valence-electron chi connectivity index (χ4n) is 5.84. The number of unbranched alkanes of at least 4 members (excludes halogenated alkanes) is 1. The molecule has 0 aromatic heterocycles. The second-order valence-corrected chi connectivity index (χ2v) is 15.6. The summed E-state index contributed by atoms with van der Waals surface area (Å²) in [5.41, 5.74) is 4.75. The smallest absolute Gasteiger partial charge is 0.408 e. The normalized spacial score (nSPS) is 17.1. The Hall–Kier alpha value is -5.01. The predicted octanol–water partition coefficient (Wildman–Crippen LogP) is -0.433. The number of amides is 7.